The fourth-order valence-corrected chi connectivity index (χ4v) is 4.34. The number of rotatable bonds is 8. The van der Waals surface area contributed by atoms with Crippen LogP contribution in [0.15, 0.2) is 60.9 Å². The van der Waals surface area contributed by atoms with Gasteiger partial charge in [-0.25, -0.2) is 9.18 Å². The van der Waals surface area contributed by atoms with Crippen LogP contribution in [0.1, 0.15) is 34.7 Å². The molecule has 9 heteroatoms. The Hall–Kier alpha value is -4.14. The van der Waals surface area contributed by atoms with Crippen LogP contribution < -0.4 is 20.1 Å². The van der Waals surface area contributed by atoms with Gasteiger partial charge in [0.25, 0.3) is 0 Å². The minimum absolute atomic E-state index is 0.146. The SMILES string of the molecule is COc1cc2c(cc1OC)[C@H](c1ccc(F)cc1)N(C(=O)NCCC(=O)NCc1ccncc1)CC2. The normalized spacial score (nSPS) is 14.5. The lowest BCUT2D eigenvalue weighted by atomic mass is 9.88. The molecule has 0 unspecified atom stereocenters. The molecule has 2 N–H and O–H groups in total. The number of amides is 3. The summed E-state index contributed by atoms with van der Waals surface area (Å²) in [6, 6.07) is 12.8. The first kappa shape index (κ1) is 25.0. The molecule has 0 saturated heterocycles. The summed E-state index contributed by atoms with van der Waals surface area (Å²) in [5.41, 5.74) is 3.63. The fraction of sp³-hybridized carbons (Fsp3) is 0.296. The van der Waals surface area contributed by atoms with Crippen molar-refractivity contribution in [3.8, 4) is 11.5 Å². The lowest BCUT2D eigenvalue weighted by Gasteiger charge is -2.38. The van der Waals surface area contributed by atoms with Gasteiger partial charge in [-0.3, -0.25) is 9.78 Å². The van der Waals surface area contributed by atoms with Crippen molar-refractivity contribution in [3.63, 3.8) is 0 Å². The van der Waals surface area contributed by atoms with Crippen molar-refractivity contribution >= 4 is 11.9 Å². The van der Waals surface area contributed by atoms with Crippen molar-refractivity contribution in [2.75, 3.05) is 27.3 Å². The van der Waals surface area contributed by atoms with Gasteiger partial charge in [0.1, 0.15) is 5.82 Å². The van der Waals surface area contributed by atoms with Gasteiger partial charge in [0.15, 0.2) is 11.5 Å². The van der Waals surface area contributed by atoms with Crippen LogP contribution in [-0.4, -0.2) is 49.1 Å². The number of carbonyl (C=O) groups excluding carboxylic acids is 2. The van der Waals surface area contributed by atoms with E-state index in [0.717, 1.165) is 22.3 Å². The molecule has 0 fully saturated rings. The van der Waals surface area contributed by atoms with E-state index in [9.17, 15) is 14.0 Å². The molecule has 1 aliphatic heterocycles. The lowest BCUT2D eigenvalue weighted by Crippen LogP contribution is -2.46. The van der Waals surface area contributed by atoms with Gasteiger partial charge in [0.05, 0.1) is 20.3 Å². The van der Waals surface area contributed by atoms with Crippen molar-refractivity contribution in [1.29, 1.82) is 0 Å². The third kappa shape index (κ3) is 5.73. The Bertz CT molecular complexity index is 1200. The molecule has 188 valence electrons. The van der Waals surface area contributed by atoms with Crippen LogP contribution in [0.4, 0.5) is 9.18 Å². The maximum atomic E-state index is 13.7. The van der Waals surface area contributed by atoms with E-state index in [2.05, 4.69) is 15.6 Å². The highest BCUT2D eigenvalue weighted by Gasteiger charge is 2.33. The lowest BCUT2D eigenvalue weighted by molar-refractivity contribution is -0.121. The summed E-state index contributed by atoms with van der Waals surface area (Å²) >= 11 is 0. The maximum absolute atomic E-state index is 13.7. The molecule has 0 spiro atoms. The second-order valence-electron chi connectivity index (χ2n) is 8.42. The Labute approximate surface area is 209 Å². The zero-order chi connectivity index (χ0) is 25.5. The van der Waals surface area contributed by atoms with E-state index >= 15 is 0 Å². The number of ether oxygens (including phenoxy) is 2. The Morgan fingerprint density at radius 3 is 2.42 bits per heavy atom. The number of urea groups is 1. The van der Waals surface area contributed by atoms with Crippen LogP contribution in [0.2, 0.25) is 0 Å². The smallest absolute Gasteiger partial charge is 0.318 e. The third-order valence-corrected chi connectivity index (χ3v) is 6.19. The molecule has 36 heavy (non-hydrogen) atoms. The summed E-state index contributed by atoms with van der Waals surface area (Å²) in [6.07, 6.45) is 4.10. The van der Waals surface area contributed by atoms with Crippen LogP contribution in [0.5, 0.6) is 11.5 Å². The minimum atomic E-state index is -0.449. The molecule has 0 aliphatic carbocycles. The zero-order valence-corrected chi connectivity index (χ0v) is 20.3. The molecule has 0 saturated carbocycles. The van der Waals surface area contributed by atoms with Crippen LogP contribution in [0.3, 0.4) is 0 Å². The van der Waals surface area contributed by atoms with Crippen molar-refractivity contribution < 1.29 is 23.5 Å². The molecule has 4 rings (SSSR count). The van der Waals surface area contributed by atoms with Crippen LogP contribution in [0, 0.1) is 5.82 Å². The molecule has 1 aromatic heterocycles. The highest BCUT2D eigenvalue weighted by Crippen LogP contribution is 2.41. The zero-order valence-electron chi connectivity index (χ0n) is 20.3. The summed E-state index contributed by atoms with van der Waals surface area (Å²) < 4.78 is 24.6. The number of hydrogen-bond acceptors (Lipinski definition) is 5. The Kier molecular flexibility index (Phi) is 7.99. The van der Waals surface area contributed by atoms with E-state index in [1.54, 1.807) is 43.6 Å². The van der Waals surface area contributed by atoms with Crippen LogP contribution in [0.25, 0.3) is 0 Å². The predicted octanol–water partition coefficient (Wildman–Crippen LogP) is 3.60. The fourth-order valence-electron chi connectivity index (χ4n) is 4.34. The number of methoxy groups -OCH3 is 2. The average Bonchev–Trinajstić information content (AvgIpc) is 2.91. The van der Waals surface area contributed by atoms with Gasteiger partial charge in [-0.05, 0) is 65.1 Å². The minimum Gasteiger partial charge on any atom is -0.493 e. The van der Waals surface area contributed by atoms with Crippen molar-refractivity contribution in [3.05, 3.63) is 89.0 Å². The summed E-state index contributed by atoms with van der Waals surface area (Å²) in [5, 5.41) is 5.70. The molecule has 0 radical (unpaired) electrons. The van der Waals surface area contributed by atoms with Gasteiger partial charge in [0, 0.05) is 38.4 Å². The van der Waals surface area contributed by atoms with Gasteiger partial charge in [-0.2, -0.15) is 0 Å². The number of pyridine rings is 1. The number of nitrogens with zero attached hydrogens (tertiary/aromatic N) is 2. The molecule has 0 bridgehead atoms. The number of halogens is 1. The van der Waals surface area contributed by atoms with E-state index < -0.39 is 6.04 Å². The molecule has 1 aliphatic rings. The van der Waals surface area contributed by atoms with Crippen LogP contribution >= 0.6 is 0 Å². The standard InChI is InChI=1S/C27H29FN4O4/c1-35-23-15-20-10-14-32(26(22(20)16-24(23)36-2)19-3-5-21(28)6-4-19)27(34)30-13-9-25(33)31-17-18-7-11-29-12-8-18/h3-8,11-12,15-16,26H,9-10,13-14,17H2,1-2H3,(H,30,34)(H,31,33)/t26-/m0/s1. The molecular formula is C27H29FN4O4. The van der Waals surface area contributed by atoms with Gasteiger partial charge >= 0.3 is 6.03 Å². The number of carbonyl (C=O) groups is 2. The molecule has 2 aromatic carbocycles. The van der Waals surface area contributed by atoms with E-state index in [-0.39, 0.29) is 30.7 Å². The summed E-state index contributed by atoms with van der Waals surface area (Å²) in [7, 11) is 3.14. The monoisotopic (exact) mass is 492 g/mol. The molecule has 1 atom stereocenters. The largest absolute Gasteiger partial charge is 0.493 e. The van der Waals surface area contributed by atoms with E-state index in [1.165, 1.54) is 12.1 Å². The maximum Gasteiger partial charge on any atom is 0.318 e. The summed E-state index contributed by atoms with van der Waals surface area (Å²) in [5.74, 6) is 0.653. The number of nitrogens with one attached hydrogen (secondary N) is 2. The number of hydrogen-bond donors (Lipinski definition) is 2. The predicted molar refractivity (Wildman–Crippen MR) is 132 cm³/mol. The first-order valence-electron chi connectivity index (χ1n) is 11.7. The van der Waals surface area contributed by atoms with Gasteiger partial charge in [0.2, 0.25) is 5.91 Å². The van der Waals surface area contributed by atoms with Crippen molar-refractivity contribution in [2.45, 2.75) is 25.4 Å². The van der Waals surface area contributed by atoms with Gasteiger partial charge < -0.3 is 25.0 Å². The molecule has 8 nitrogen and oxygen atoms in total. The number of benzene rings is 2. The molecule has 3 aromatic rings. The second kappa shape index (κ2) is 11.5. The number of aromatic nitrogens is 1. The van der Waals surface area contributed by atoms with E-state index in [0.29, 0.717) is 31.0 Å². The second-order valence-corrected chi connectivity index (χ2v) is 8.42. The quantitative estimate of drug-likeness (QED) is 0.501. The van der Waals surface area contributed by atoms with E-state index in [1.807, 2.05) is 24.3 Å². The first-order valence-corrected chi connectivity index (χ1v) is 11.7. The molecular weight excluding hydrogens is 463 g/mol. The van der Waals surface area contributed by atoms with Crippen molar-refractivity contribution in [2.24, 2.45) is 0 Å². The van der Waals surface area contributed by atoms with Crippen LogP contribution in [-0.2, 0) is 17.8 Å². The van der Waals surface area contributed by atoms with Crippen molar-refractivity contribution in [1.82, 2.24) is 20.5 Å². The van der Waals surface area contributed by atoms with Gasteiger partial charge in [-0.1, -0.05) is 12.1 Å². The summed E-state index contributed by atoms with van der Waals surface area (Å²) in [4.78, 5) is 31.1. The topological polar surface area (TPSA) is 92.8 Å². The Morgan fingerprint density at radius 1 is 1.03 bits per heavy atom. The molecule has 2 heterocycles. The highest BCUT2D eigenvalue weighted by atomic mass is 19.1. The van der Waals surface area contributed by atoms with E-state index in [4.69, 9.17) is 9.47 Å². The Balaban J connectivity index is 1.47. The Morgan fingerprint density at radius 2 is 1.72 bits per heavy atom. The highest BCUT2D eigenvalue weighted by molar-refractivity contribution is 5.79. The summed E-state index contributed by atoms with van der Waals surface area (Å²) in [6.45, 7) is 1.03. The molecule has 3 amide bonds. The first-order chi connectivity index (χ1) is 17.5. The average molecular weight is 493 g/mol. The number of fused-ring (bicyclic) bond motifs is 1. The van der Waals surface area contributed by atoms with Gasteiger partial charge in [-0.15, -0.1) is 0 Å². The third-order valence-electron chi connectivity index (χ3n) is 6.19.